The second kappa shape index (κ2) is 5.80. The lowest BCUT2D eigenvalue weighted by Gasteiger charge is -2.25. The summed E-state index contributed by atoms with van der Waals surface area (Å²) in [4.78, 5) is 0. The zero-order valence-corrected chi connectivity index (χ0v) is 11.7. The average molecular weight is 286 g/mol. The molecule has 2 nitrogen and oxygen atoms in total. The van der Waals surface area contributed by atoms with Gasteiger partial charge in [-0.3, -0.25) is 0 Å². The summed E-state index contributed by atoms with van der Waals surface area (Å²) in [6.45, 7) is 7.24. The molecule has 1 unspecified atom stereocenters. The number of hydrogen-bond donors (Lipinski definition) is 2. The Kier molecular flexibility index (Phi) is 4.96. The highest BCUT2D eigenvalue weighted by atomic mass is 79.9. The fraction of sp³-hybridized carbons (Fsp3) is 0.538. The van der Waals surface area contributed by atoms with Crippen molar-refractivity contribution in [3.05, 3.63) is 34.3 Å². The Labute approximate surface area is 106 Å². The first-order valence-corrected chi connectivity index (χ1v) is 6.33. The molecule has 0 amide bonds. The zero-order valence-electron chi connectivity index (χ0n) is 10.1. The van der Waals surface area contributed by atoms with Gasteiger partial charge in [-0.05, 0) is 24.6 Å². The van der Waals surface area contributed by atoms with Crippen LogP contribution in [0.2, 0.25) is 0 Å². The smallest absolute Gasteiger partial charge is 0.0494 e. The second-order valence-electron chi connectivity index (χ2n) is 4.98. The van der Waals surface area contributed by atoms with E-state index in [0.29, 0.717) is 6.04 Å². The van der Waals surface area contributed by atoms with Gasteiger partial charge in [0.2, 0.25) is 0 Å². The highest BCUT2D eigenvalue weighted by Gasteiger charge is 2.17. The summed E-state index contributed by atoms with van der Waals surface area (Å²) < 4.78 is 1.10. The molecule has 0 aliphatic rings. The van der Waals surface area contributed by atoms with Gasteiger partial charge in [-0.25, -0.2) is 0 Å². The minimum Gasteiger partial charge on any atom is -0.396 e. The van der Waals surface area contributed by atoms with Gasteiger partial charge >= 0.3 is 0 Å². The van der Waals surface area contributed by atoms with E-state index in [4.69, 9.17) is 5.11 Å². The van der Waals surface area contributed by atoms with Crippen LogP contribution in [0.4, 0.5) is 0 Å². The fourth-order valence-corrected chi connectivity index (χ4v) is 1.62. The molecule has 1 atom stereocenters. The molecule has 3 heteroatoms. The number of rotatable bonds is 5. The van der Waals surface area contributed by atoms with E-state index in [2.05, 4.69) is 40.3 Å². The Hall–Kier alpha value is -0.380. The Bertz CT molecular complexity index is 321. The highest BCUT2D eigenvalue weighted by Crippen LogP contribution is 2.18. The summed E-state index contributed by atoms with van der Waals surface area (Å²) in [5, 5.41) is 12.6. The van der Waals surface area contributed by atoms with E-state index in [-0.39, 0.29) is 12.0 Å². The molecule has 1 aromatic carbocycles. The topological polar surface area (TPSA) is 32.3 Å². The third kappa shape index (κ3) is 4.24. The normalized spacial score (nSPS) is 13.8. The van der Waals surface area contributed by atoms with Crippen molar-refractivity contribution in [1.82, 2.24) is 5.32 Å². The quantitative estimate of drug-likeness (QED) is 0.871. The summed E-state index contributed by atoms with van der Waals surface area (Å²) in [7, 11) is 0. The van der Waals surface area contributed by atoms with Crippen LogP contribution in [0.5, 0.6) is 0 Å². The van der Waals surface area contributed by atoms with Gasteiger partial charge in [-0.15, -0.1) is 0 Å². The minimum atomic E-state index is -0.0658. The standard InChI is InChI=1S/C13H20BrNO/c1-10(15-8-13(2,3)9-16)11-4-6-12(14)7-5-11/h4-7,10,15-16H,8-9H2,1-3H3. The van der Waals surface area contributed by atoms with Crippen LogP contribution in [-0.2, 0) is 0 Å². The van der Waals surface area contributed by atoms with E-state index < -0.39 is 0 Å². The van der Waals surface area contributed by atoms with Crippen LogP contribution in [0, 0.1) is 5.41 Å². The molecule has 2 N–H and O–H groups in total. The molecular formula is C13H20BrNO. The number of aliphatic hydroxyl groups excluding tert-OH is 1. The van der Waals surface area contributed by atoms with Crippen molar-refractivity contribution in [3.63, 3.8) is 0 Å². The number of hydrogen-bond acceptors (Lipinski definition) is 2. The SMILES string of the molecule is CC(NCC(C)(C)CO)c1ccc(Br)cc1. The van der Waals surface area contributed by atoms with Crippen molar-refractivity contribution < 1.29 is 5.11 Å². The predicted molar refractivity (Wildman–Crippen MR) is 71.4 cm³/mol. The lowest BCUT2D eigenvalue weighted by Crippen LogP contribution is -2.33. The monoisotopic (exact) mass is 285 g/mol. The molecule has 0 aliphatic carbocycles. The first-order valence-electron chi connectivity index (χ1n) is 5.54. The van der Waals surface area contributed by atoms with E-state index in [1.54, 1.807) is 0 Å². The summed E-state index contributed by atoms with van der Waals surface area (Å²) in [6, 6.07) is 8.61. The van der Waals surface area contributed by atoms with Crippen molar-refractivity contribution in [2.45, 2.75) is 26.8 Å². The maximum absolute atomic E-state index is 9.17. The lowest BCUT2D eigenvalue weighted by molar-refractivity contribution is 0.154. The molecule has 0 spiro atoms. The van der Waals surface area contributed by atoms with Gasteiger partial charge in [0.15, 0.2) is 0 Å². The molecule has 0 saturated carbocycles. The third-order valence-corrected chi connectivity index (χ3v) is 3.21. The molecular weight excluding hydrogens is 266 g/mol. The zero-order chi connectivity index (χ0) is 12.2. The molecule has 1 rings (SSSR count). The molecule has 0 saturated heterocycles. The Morgan fingerprint density at radius 3 is 2.38 bits per heavy atom. The van der Waals surface area contributed by atoms with Gasteiger partial charge < -0.3 is 10.4 Å². The molecule has 0 fully saturated rings. The molecule has 0 heterocycles. The number of aliphatic hydroxyl groups is 1. The van der Waals surface area contributed by atoms with Crippen molar-refractivity contribution >= 4 is 15.9 Å². The van der Waals surface area contributed by atoms with E-state index in [9.17, 15) is 0 Å². The highest BCUT2D eigenvalue weighted by molar-refractivity contribution is 9.10. The Morgan fingerprint density at radius 2 is 1.88 bits per heavy atom. The maximum Gasteiger partial charge on any atom is 0.0494 e. The van der Waals surface area contributed by atoms with Crippen LogP contribution >= 0.6 is 15.9 Å². The van der Waals surface area contributed by atoms with Gasteiger partial charge in [0, 0.05) is 29.1 Å². The summed E-state index contributed by atoms with van der Waals surface area (Å²) in [5.41, 5.74) is 1.20. The molecule has 1 aromatic rings. The van der Waals surface area contributed by atoms with E-state index in [0.717, 1.165) is 11.0 Å². The molecule has 0 radical (unpaired) electrons. The van der Waals surface area contributed by atoms with Crippen LogP contribution in [-0.4, -0.2) is 18.3 Å². The fourth-order valence-electron chi connectivity index (χ4n) is 1.35. The van der Waals surface area contributed by atoms with E-state index >= 15 is 0 Å². The predicted octanol–water partition coefficient (Wildman–Crippen LogP) is 3.12. The van der Waals surface area contributed by atoms with Gasteiger partial charge in [0.1, 0.15) is 0 Å². The number of halogens is 1. The van der Waals surface area contributed by atoms with Gasteiger partial charge in [0.25, 0.3) is 0 Å². The second-order valence-corrected chi connectivity index (χ2v) is 5.89. The average Bonchev–Trinajstić information content (AvgIpc) is 2.27. The summed E-state index contributed by atoms with van der Waals surface area (Å²) in [5.74, 6) is 0. The number of nitrogens with one attached hydrogen (secondary N) is 1. The van der Waals surface area contributed by atoms with Crippen LogP contribution in [0.25, 0.3) is 0 Å². The van der Waals surface area contributed by atoms with Crippen molar-refractivity contribution in [1.29, 1.82) is 0 Å². The molecule has 0 bridgehead atoms. The minimum absolute atomic E-state index is 0.0658. The Morgan fingerprint density at radius 1 is 1.31 bits per heavy atom. The summed E-state index contributed by atoms with van der Waals surface area (Å²) >= 11 is 3.42. The van der Waals surface area contributed by atoms with Crippen LogP contribution in [0.1, 0.15) is 32.4 Å². The third-order valence-electron chi connectivity index (χ3n) is 2.68. The van der Waals surface area contributed by atoms with Gasteiger partial charge in [-0.2, -0.15) is 0 Å². The van der Waals surface area contributed by atoms with E-state index in [1.165, 1.54) is 5.56 Å². The van der Waals surface area contributed by atoms with Crippen LogP contribution in [0.3, 0.4) is 0 Å². The Balaban J connectivity index is 2.53. The summed E-state index contributed by atoms with van der Waals surface area (Å²) in [6.07, 6.45) is 0. The molecule has 0 aromatic heterocycles. The largest absolute Gasteiger partial charge is 0.396 e. The number of benzene rings is 1. The molecule has 90 valence electrons. The van der Waals surface area contributed by atoms with Crippen LogP contribution < -0.4 is 5.32 Å². The maximum atomic E-state index is 9.17. The van der Waals surface area contributed by atoms with Gasteiger partial charge in [-0.1, -0.05) is 41.9 Å². The van der Waals surface area contributed by atoms with Crippen molar-refractivity contribution in [3.8, 4) is 0 Å². The lowest BCUT2D eigenvalue weighted by atomic mass is 9.94. The first kappa shape index (κ1) is 13.7. The van der Waals surface area contributed by atoms with Crippen molar-refractivity contribution in [2.24, 2.45) is 5.41 Å². The molecule has 0 aliphatic heterocycles. The van der Waals surface area contributed by atoms with E-state index in [1.807, 2.05) is 26.0 Å². The first-order chi connectivity index (χ1) is 7.44. The molecule has 16 heavy (non-hydrogen) atoms. The van der Waals surface area contributed by atoms with Crippen LogP contribution in [0.15, 0.2) is 28.7 Å². The van der Waals surface area contributed by atoms with Gasteiger partial charge in [0.05, 0.1) is 0 Å². The van der Waals surface area contributed by atoms with Crippen molar-refractivity contribution in [2.75, 3.05) is 13.2 Å².